The van der Waals surface area contributed by atoms with Crippen LogP contribution in [0.1, 0.15) is 22.7 Å². The van der Waals surface area contributed by atoms with Gasteiger partial charge in [0.25, 0.3) is 0 Å². The fraction of sp³-hybridized carbons (Fsp3) is 0.294. The smallest absolute Gasteiger partial charge is 0.122 e. The van der Waals surface area contributed by atoms with Crippen LogP contribution in [0.25, 0.3) is 0 Å². The molecule has 2 aromatic rings. The van der Waals surface area contributed by atoms with Crippen LogP contribution in [0.15, 0.2) is 36.4 Å². The summed E-state index contributed by atoms with van der Waals surface area (Å²) in [5.74, 6) is 0.928. The molecule has 0 amide bonds. The van der Waals surface area contributed by atoms with Gasteiger partial charge in [0.15, 0.2) is 0 Å². The minimum absolute atomic E-state index is 0.204. The summed E-state index contributed by atoms with van der Waals surface area (Å²) in [4.78, 5) is 0. The van der Waals surface area contributed by atoms with E-state index in [0.29, 0.717) is 0 Å². The molecular weight excluding hydrogens is 397 g/mol. The number of hydrogen-bond donors (Lipinski definition) is 1. The third kappa shape index (κ3) is 4.11. The van der Waals surface area contributed by atoms with Crippen molar-refractivity contribution in [3.05, 3.63) is 61.7 Å². The zero-order chi connectivity index (χ0) is 15.4. The van der Waals surface area contributed by atoms with Crippen LogP contribution in [0.3, 0.4) is 0 Å². The van der Waals surface area contributed by atoms with E-state index in [1.165, 1.54) is 16.7 Å². The highest BCUT2D eigenvalue weighted by Gasteiger charge is 2.14. The lowest BCUT2D eigenvalue weighted by Crippen LogP contribution is -2.19. The first-order chi connectivity index (χ1) is 10.0. The number of hydrogen-bond acceptors (Lipinski definition) is 2. The molecule has 2 rings (SSSR count). The highest BCUT2D eigenvalue weighted by Crippen LogP contribution is 2.28. The monoisotopic (exact) mass is 415 g/mol. The van der Waals surface area contributed by atoms with Crippen LogP contribution in [-0.4, -0.2) is 14.2 Å². The summed E-state index contributed by atoms with van der Waals surface area (Å²) in [6.45, 7) is 2.10. The van der Waals surface area contributed by atoms with Crippen LogP contribution >= 0.6 is 34.2 Å². The Morgan fingerprint density at radius 2 is 2.00 bits per heavy atom. The zero-order valence-electron chi connectivity index (χ0n) is 12.4. The van der Waals surface area contributed by atoms with Crippen molar-refractivity contribution >= 4 is 34.2 Å². The van der Waals surface area contributed by atoms with Gasteiger partial charge in [-0.1, -0.05) is 35.4 Å². The Morgan fingerprint density at radius 3 is 2.62 bits per heavy atom. The van der Waals surface area contributed by atoms with Gasteiger partial charge in [0, 0.05) is 9.61 Å². The van der Waals surface area contributed by atoms with E-state index in [0.717, 1.165) is 20.8 Å². The molecule has 0 aliphatic heterocycles. The average molecular weight is 416 g/mol. The van der Waals surface area contributed by atoms with Crippen molar-refractivity contribution in [3.63, 3.8) is 0 Å². The Bertz CT molecular complexity index is 630. The normalized spacial score (nSPS) is 12.2. The van der Waals surface area contributed by atoms with Crippen LogP contribution in [0.5, 0.6) is 5.75 Å². The molecule has 0 saturated heterocycles. The lowest BCUT2D eigenvalue weighted by atomic mass is 9.97. The van der Waals surface area contributed by atoms with E-state index in [9.17, 15) is 0 Å². The maximum Gasteiger partial charge on any atom is 0.122 e. The summed E-state index contributed by atoms with van der Waals surface area (Å²) >= 11 is 8.49. The molecule has 0 radical (unpaired) electrons. The van der Waals surface area contributed by atoms with Crippen molar-refractivity contribution in [1.29, 1.82) is 0 Å². The largest absolute Gasteiger partial charge is 0.496 e. The third-order valence-corrected chi connectivity index (χ3v) is 5.13. The molecule has 112 valence electrons. The molecule has 0 spiro atoms. The molecule has 1 unspecified atom stereocenters. The lowest BCUT2D eigenvalue weighted by molar-refractivity contribution is 0.406. The van der Waals surface area contributed by atoms with Gasteiger partial charge in [-0.2, -0.15) is 0 Å². The van der Waals surface area contributed by atoms with E-state index >= 15 is 0 Å². The van der Waals surface area contributed by atoms with E-state index in [-0.39, 0.29) is 6.04 Å². The van der Waals surface area contributed by atoms with Gasteiger partial charge in [0.2, 0.25) is 0 Å². The van der Waals surface area contributed by atoms with E-state index in [1.807, 2.05) is 19.2 Å². The molecule has 1 atom stereocenters. The zero-order valence-corrected chi connectivity index (χ0v) is 15.3. The molecule has 0 bridgehead atoms. The topological polar surface area (TPSA) is 21.3 Å². The second-order valence-corrected chi connectivity index (χ2v) is 6.60. The van der Waals surface area contributed by atoms with Crippen LogP contribution in [0, 0.1) is 10.5 Å². The number of rotatable bonds is 5. The molecule has 0 aliphatic carbocycles. The highest BCUT2D eigenvalue weighted by molar-refractivity contribution is 14.1. The first kappa shape index (κ1) is 16.6. The van der Waals surface area contributed by atoms with Crippen LogP contribution in [0.4, 0.5) is 0 Å². The van der Waals surface area contributed by atoms with Crippen molar-refractivity contribution in [1.82, 2.24) is 5.32 Å². The van der Waals surface area contributed by atoms with Gasteiger partial charge in [-0.15, -0.1) is 0 Å². The minimum Gasteiger partial charge on any atom is -0.496 e. The number of nitrogens with one attached hydrogen (secondary N) is 1. The quantitative estimate of drug-likeness (QED) is 0.711. The van der Waals surface area contributed by atoms with Crippen molar-refractivity contribution in [3.8, 4) is 5.75 Å². The molecule has 1 N–H and O–H groups in total. The maximum atomic E-state index is 6.24. The summed E-state index contributed by atoms with van der Waals surface area (Å²) in [5, 5.41) is 4.16. The number of aryl methyl sites for hydroxylation is 1. The Labute approximate surface area is 145 Å². The fourth-order valence-corrected chi connectivity index (χ4v) is 2.93. The summed E-state index contributed by atoms with van der Waals surface area (Å²) in [5.41, 5.74) is 3.62. The van der Waals surface area contributed by atoms with Gasteiger partial charge >= 0.3 is 0 Å². The van der Waals surface area contributed by atoms with E-state index < -0.39 is 0 Å². The summed E-state index contributed by atoms with van der Waals surface area (Å²) < 4.78 is 6.54. The Balaban J connectivity index is 2.30. The Kier molecular flexibility index (Phi) is 5.90. The molecule has 2 aromatic carbocycles. The lowest BCUT2D eigenvalue weighted by Gasteiger charge is -2.19. The Hall–Kier alpha value is -0.780. The second-order valence-electron chi connectivity index (χ2n) is 5.03. The fourth-order valence-electron chi connectivity index (χ4n) is 2.40. The van der Waals surface area contributed by atoms with E-state index in [1.54, 1.807) is 7.11 Å². The number of methoxy groups -OCH3 is 1. The van der Waals surface area contributed by atoms with Gasteiger partial charge in [0.05, 0.1) is 12.1 Å². The van der Waals surface area contributed by atoms with E-state index in [4.69, 9.17) is 16.3 Å². The first-order valence-electron chi connectivity index (χ1n) is 6.81. The van der Waals surface area contributed by atoms with Crippen LogP contribution in [0.2, 0.25) is 5.02 Å². The average Bonchev–Trinajstić information content (AvgIpc) is 2.48. The van der Waals surface area contributed by atoms with Gasteiger partial charge in [-0.25, -0.2) is 0 Å². The number of halogens is 2. The summed E-state index contributed by atoms with van der Waals surface area (Å²) in [6.07, 6.45) is 0.859. The molecule has 0 heterocycles. The minimum atomic E-state index is 0.204. The van der Waals surface area contributed by atoms with Crippen LogP contribution in [-0.2, 0) is 6.42 Å². The molecular formula is C17H19ClINO. The third-order valence-electron chi connectivity index (χ3n) is 3.55. The summed E-state index contributed by atoms with van der Waals surface area (Å²) in [7, 11) is 3.68. The number of benzene rings is 2. The standard InChI is InChI=1S/C17H19ClINO/c1-11-4-7-17(21-3)13(8-11)10-16(20-2)12-5-6-15(19)14(18)9-12/h4-9,16,20H,10H2,1-3H3. The van der Waals surface area contributed by atoms with Crippen molar-refractivity contribution in [2.45, 2.75) is 19.4 Å². The molecule has 21 heavy (non-hydrogen) atoms. The van der Waals surface area contributed by atoms with Gasteiger partial charge < -0.3 is 10.1 Å². The second kappa shape index (κ2) is 7.47. The predicted octanol–water partition coefficient (Wildman–Crippen LogP) is 4.76. The molecule has 4 heteroatoms. The SMILES string of the molecule is CNC(Cc1cc(C)ccc1OC)c1ccc(I)c(Cl)c1. The summed E-state index contributed by atoms with van der Waals surface area (Å²) in [6, 6.07) is 12.7. The van der Waals surface area contributed by atoms with Gasteiger partial charge in [-0.05, 0) is 72.3 Å². The number of ether oxygens (including phenoxy) is 1. The number of likely N-dealkylation sites (N-methyl/N-ethyl adjacent to an activating group) is 1. The highest BCUT2D eigenvalue weighted by atomic mass is 127. The molecule has 2 nitrogen and oxygen atoms in total. The van der Waals surface area contributed by atoms with Gasteiger partial charge in [0.1, 0.15) is 5.75 Å². The first-order valence-corrected chi connectivity index (χ1v) is 8.26. The van der Waals surface area contributed by atoms with Gasteiger partial charge in [-0.3, -0.25) is 0 Å². The molecule has 0 fully saturated rings. The molecule has 0 aromatic heterocycles. The van der Waals surface area contributed by atoms with Crippen molar-refractivity contribution in [2.75, 3.05) is 14.2 Å². The Morgan fingerprint density at radius 1 is 1.24 bits per heavy atom. The van der Waals surface area contributed by atoms with Crippen molar-refractivity contribution < 1.29 is 4.74 Å². The maximum absolute atomic E-state index is 6.24. The molecule has 0 aliphatic rings. The van der Waals surface area contributed by atoms with Crippen molar-refractivity contribution in [2.24, 2.45) is 0 Å². The predicted molar refractivity (Wildman–Crippen MR) is 97.4 cm³/mol. The van der Waals surface area contributed by atoms with E-state index in [2.05, 4.69) is 59.1 Å². The van der Waals surface area contributed by atoms with Crippen LogP contribution < -0.4 is 10.1 Å². The molecule has 0 saturated carbocycles.